The van der Waals surface area contributed by atoms with E-state index < -0.39 is 0 Å². The minimum atomic E-state index is 1.26. The van der Waals surface area contributed by atoms with E-state index in [0.717, 1.165) is 0 Å². The van der Waals surface area contributed by atoms with Gasteiger partial charge in [-0.05, 0) is 66.1 Å². The van der Waals surface area contributed by atoms with Crippen LogP contribution in [0.15, 0.2) is 123 Å². The van der Waals surface area contributed by atoms with Gasteiger partial charge in [0.15, 0.2) is 0 Å². The normalized spacial score (nSPS) is 10.7. The van der Waals surface area contributed by atoms with Gasteiger partial charge in [-0.15, -0.1) is 0 Å². The van der Waals surface area contributed by atoms with E-state index >= 15 is 0 Å². The van der Waals surface area contributed by atoms with Gasteiger partial charge in [0.1, 0.15) is 0 Å². The molecular weight excluding hydrogens is 364 g/mol. The monoisotopic (exact) mass is 384 g/mol. The van der Waals surface area contributed by atoms with Crippen LogP contribution in [0.3, 0.4) is 0 Å². The van der Waals surface area contributed by atoms with Crippen LogP contribution in [0.1, 0.15) is 5.56 Å². The highest BCUT2D eigenvalue weighted by Crippen LogP contribution is 2.40. The Labute approximate surface area is 169 Å². The molecule has 132 valence electrons. The van der Waals surface area contributed by atoms with Crippen molar-refractivity contribution in [3.63, 3.8) is 0 Å². The van der Waals surface area contributed by atoms with Gasteiger partial charge in [-0.3, -0.25) is 0 Å². The SMILES string of the molecule is Cc1ccccc1-c1cc(Sc2ccccc2)ccc1Sc1ccccc1. The standard InChI is InChI=1S/C25H20S2/c1-19-10-8-9-15-23(19)24-18-22(26-20-11-4-2-5-12-20)16-17-25(24)27-21-13-6-3-7-14-21/h2-18H,1H3. The average molecular weight is 385 g/mol. The molecule has 0 aliphatic heterocycles. The summed E-state index contributed by atoms with van der Waals surface area (Å²) in [6, 6.07) is 36.6. The number of benzene rings is 4. The van der Waals surface area contributed by atoms with Gasteiger partial charge in [-0.1, -0.05) is 84.2 Å². The third-order valence-electron chi connectivity index (χ3n) is 4.34. The first kappa shape index (κ1) is 18.0. The van der Waals surface area contributed by atoms with Crippen molar-refractivity contribution in [2.75, 3.05) is 0 Å². The molecule has 0 aliphatic rings. The summed E-state index contributed by atoms with van der Waals surface area (Å²) in [7, 11) is 0. The fourth-order valence-electron chi connectivity index (χ4n) is 2.99. The molecule has 0 unspecified atom stereocenters. The predicted octanol–water partition coefficient (Wildman–Crippen LogP) is 7.96. The van der Waals surface area contributed by atoms with Crippen LogP contribution >= 0.6 is 23.5 Å². The molecule has 0 amide bonds. The third kappa shape index (κ3) is 4.47. The number of hydrogen-bond donors (Lipinski definition) is 0. The van der Waals surface area contributed by atoms with E-state index in [1.807, 2.05) is 23.5 Å². The second-order valence-electron chi connectivity index (χ2n) is 6.30. The maximum atomic E-state index is 2.32. The van der Waals surface area contributed by atoms with Gasteiger partial charge in [-0.2, -0.15) is 0 Å². The minimum absolute atomic E-state index is 1.26. The quantitative estimate of drug-likeness (QED) is 0.342. The largest absolute Gasteiger partial charge is 0.0901 e. The Bertz CT molecular complexity index is 1020. The summed E-state index contributed by atoms with van der Waals surface area (Å²) in [5.41, 5.74) is 3.89. The van der Waals surface area contributed by atoms with E-state index in [4.69, 9.17) is 0 Å². The molecule has 4 aromatic carbocycles. The van der Waals surface area contributed by atoms with Crippen LogP contribution in [0, 0.1) is 6.92 Å². The number of hydrogen-bond acceptors (Lipinski definition) is 2. The Morgan fingerprint density at radius 3 is 1.74 bits per heavy atom. The predicted molar refractivity (Wildman–Crippen MR) is 118 cm³/mol. The summed E-state index contributed by atoms with van der Waals surface area (Å²) < 4.78 is 0. The van der Waals surface area contributed by atoms with Crippen LogP contribution < -0.4 is 0 Å². The highest BCUT2D eigenvalue weighted by atomic mass is 32.2. The zero-order valence-electron chi connectivity index (χ0n) is 15.1. The molecule has 4 aromatic rings. The van der Waals surface area contributed by atoms with Crippen LogP contribution in [0.2, 0.25) is 0 Å². The van der Waals surface area contributed by atoms with Gasteiger partial charge in [0.05, 0.1) is 0 Å². The molecule has 0 bridgehead atoms. The number of aryl methyl sites for hydroxylation is 1. The van der Waals surface area contributed by atoms with Crippen molar-refractivity contribution in [3.8, 4) is 11.1 Å². The second-order valence-corrected chi connectivity index (χ2v) is 8.57. The van der Waals surface area contributed by atoms with Crippen molar-refractivity contribution in [2.24, 2.45) is 0 Å². The number of rotatable bonds is 5. The van der Waals surface area contributed by atoms with Gasteiger partial charge in [-0.25, -0.2) is 0 Å². The molecule has 0 nitrogen and oxygen atoms in total. The molecule has 0 aromatic heterocycles. The fraction of sp³-hybridized carbons (Fsp3) is 0.0400. The smallest absolute Gasteiger partial charge is 0.0201 e. The van der Waals surface area contributed by atoms with Crippen LogP contribution in [0.25, 0.3) is 11.1 Å². The molecule has 0 saturated heterocycles. The lowest BCUT2D eigenvalue weighted by Crippen LogP contribution is -1.87. The van der Waals surface area contributed by atoms with Gasteiger partial charge >= 0.3 is 0 Å². The maximum Gasteiger partial charge on any atom is 0.0201 e. The molecule has 0 saturated carbocycles. The van der Waals surface area contributed by atoms with Gasteiger partial charge in [0.2, 0.25) is 0 Å². The zero-order valence-corrected chi connectivity index (χ0v) is 16.8. The molecule has 0 heterocycles. The van der Waals surface area contributed by atoms with E-state index in [1.165, 1.54) is 36.3 Å². The molecule has 0 spiro atoms. The summed E-state index contributed by atoms with van der Waals surface area (Å²) in [6.45, 7) is 2.18. The molecule has 0 radical (unpaired) electrons. The molecule has 27 heavy (non-hydrogen) atoms. The second kappa shape index (κ2) is 8.51. The van der Waals surface area contributed by atoms with Crippen molar-refractivity contribution in [1.29, 1.82) is 0 Å². The van der Waals surface area contributed by atoms with Crippen LogP contribution in [0.4, 0.5) is 0 Å². The lowest BCUT2D eigenvalue weighted by Gasteiger charge is -2.14. The van der Waals surface area contributed by atoms with Crippen molar-refractivity contribution in [2.45, 2.75) is 26.5 Å². The molecule has 0 atom stereocenters. The van der Waals surface area contributed by atoms with Gasteiger partial charge in [0.25, 0.3) is 0 Å². The lowest BCUT2D eigenvalue weighted by atomic mass is 10.0. The van der Waals surface area contributed by atoms with Gasteiger partial charge < -0.3 is 0 Å². The molecule has 2 heteroatoms. The Hall–Kier alpha value is -2.42. The first-order valence-electron chi connectivity index (χ1n) is 8.95. The Balaban J connectivity index is 1.75. The zero-order chi connectivity index (χ0) is 18.5. The van der Waals surface area contributed by atoms with Crippen molar-refractivity contribution >= 4 is 23.5 Å². The molecule has 0 aliphatic carbocycles. The summed E-state index contributed by atoms with van der Waals surface area (Å²) in [5.74, 6) is 0. The molecule has 0 fully saturated rings. The average Bonchev–Trinajstić information content (AvgIpc) is 2.71. The maximum absolute atomic E-state index is 2.32. The van der Waals surface area contributed by atoms with E-state index in [1.54, 1.807) is 0 Å². The summed E-state index contributed by atoms with van der Waals surface area (Å²) >= 11 is 3.63. The molecule has 4 rings (SSSR count). The van der Waals surface area contributed by atoms with Crippen LogP contribution in [-0.2, 0) is 0 Å². The van der Waals surface area contributed by atoms with Crippen molar-refractivity contribution < 1.29 is 0 Å². The highest BCUT2D eigenvalue weighted by Gasteiger charge is 2.11. The van der Waals surface area contributed by atoms with Crippen molar-refractivity contribution in [1.82, 2.24) is 0 Å². The lowest BCUT2D eigenvalue weighted by molar-refractivity contribution is 1.31. The van der Waals surface area contributed by atoms with E-state index in [2.05, 4.69) is 110 Å². The van der Waals surface area contributed by atoms with E-state index in [0.29, 0.717) is 0 Å². The Morgan fingerprint density at radius 1 is 0.481 bits per heavy atom. The van der Waals surface area contributed by atoms with Crippen LogP contribution in [0.5, 0.6) is 0 Å². The topological polar surface area (TPSA) is 0 Å². The Kier molecular flexibility index (Phi) is 5.66. The van der Waals surface area contributed by atoms with E-state index in [9.17, 15) is 0 Å². The summed E-state index contributed by atoms with van der Waals surface area (Å²) in [4.78, 5) is 5.07. The first-order valence-corrected chi connectivity index (χ1v) is 10.6. The Morgan fingerprint density at radius 2 is 1.07 bits per heavy atom. The fourth-order valence-corrected chi connectivity index (χ4v) is 4.83. The minimum Gasteiger partial charge on any atom is -0.0901 e. The molecule has 0 N–H and O–H groups in total. The first-order chi connectivity index (χ1) is 13.3. The molecular formula is C25H20S2. The summed E-state index contributed by atoms with van der Waals surface area (Å²) in [5, 5.41) is 0. The third-order valence-corrected chi connectivity index (χ3v) is 6.42. The summed E-state index contributed by atoms with van der Waals surface area (Å²) in [6.07, 6.45) is 0. The van der Waals surface area contributed by atoms with Crippen molar-refractivity contribution in [3.05, 3.63) is 109 Å². The van der Waals surface area contributed by atoms with E-state index in [-0.39, 0.29) is 0 Å². The van der Waals surface area contributed by atoms with Gasteiger partial charge in [0, 0.05) is 19.6 Å². The van der Waals surface area contributed by atoms with Crippen LogP contribution in [-0.4, -0.2) is 0 Å². The highest BCUT2D eigenvalue weighted by molar-refractivity contribution is 8.00.